The van der Waals surface area contributed by atoms with Crippen molar-refractivity contribution in [3.8, 4) is 5.88 Å². The fourth-order valence-electron chi connectivity index (χ4n) is 1.98. The number of aromatic nitrogens is 2. The third-order valence-electron chi connectivity index (χ3n) is 3.56. The van der Waals surface area contributed by atoms with Crippen LogP contribution < -0.4 is 4.74 Å². The molecule has 1 heterocycles. The Kier molecular flexibility index (Phi) is 7.10. The normalized spacial score (nSPS) is 14.2. The summed E-state index contributed by atoms with van der Waals surface area (Å²) in [7, 11) is 5.11. The summed E-state index contributed by atoms with van der Waals surface area (Å²) in [5, 5.41) is 4.36. The minimum absolute atomic E-state index is 0.187. The zero-order valence-electron chi connectivity index (χ0n) is 15.7. The molecule has 7 nitrogen and oxygen atoms in total. The first-order chi connectivity index (χ1) is 11.0. The maximum atomic E-state index is 12.2. The van der Waals surface area contributed by atoms with Crippen LogP contribution in [0, 0.1) is 0 Å². The Balaban J connectivity index is 2.80. The average molecular weight is 406 g/mol. The van der Waals surface area contributed by atoms with Gasteiger partial charge in [0, 0.05) is 21.2 Å². The number of amides is 1. The number of rotatable bonds is 6. The maximum Gasteiger partial charge on any atom is 0.410 e. The minimum atomic E-state index is -0.532. The van der Waals surface area contributed by atoms with E-state index >= 15 is 0 Å². The fraction of sp³-hybridized carbons (Fsp3) is 0.750. The molecule has 0 aromatic carbocycles. The van der Waals surface area contributed by atoms with Gasteiger partial charge in [-0.05, 0) is 50.5 Å². The standard InChI is InChI=1S/C16H28BrN3O4/c1-10(19(6)15(21)24-16(3,4)5)11(2)23-14-13(17)12(9-22-8)18-20(14)7/h10-11H,9H2,1-8H3/t10-,11?/m1/s1. The first kappa shape index (κ1) is 20.8. The van der Waals surface area contributed by atoms with Gasteiger partial charge in [-0.25, -0.2) is 9.48 Å². The van der Waals surface area contributed by atoms with Crippen LogP contribution in [-0.4, -0.2) is 52.7 Å². The van der Waals surface area contributed by atoms with E-state index in [1.165, 1.54) is 4.90 Å². The van der Waals surface area contributed by atoms with Crippen molar-refractivity contribution in [1.82, 2.24) is 14.7 Å². The molecule has 0 spiro atoms. The van der Waals surface area contributed by atoms with Crippen molar-refractivity contribution in [3.63, 3.8) is 0 Å². The van der Waals surface area contributed by atoms with Crippen LogP contribution in [0.25, 0.3) is 0 Å². The molecule has 1 aromatic rings. The van der Waals surface area contributed by atoms with E-state index in [4.69, 9.17) is 14.2 Å². The van der Waals surface area contributed by atoms with Crippen molar-refractivity contribution in [2.24, 2.45) is 7.05 Å². The summed E-state index contributed by atoms with van der Waals surface area (Å²) in [4.78, 5) is 13.7. The average Bonchev–Trinajstić information content (AvgIpc) is 2.72. The highest BCUT2D eigenvalue weighted by Gasteiger charge is 2.28. The number of hydrogen-bond donors (Lipinski definition) is 0. The lowest BCUT2D eigenvalue weighted by Crippen LogP contribution is -2.46. The smallest absolute Gasteiger partial charge is 0.410 e. The van der Waals surface area contributed by atoms with Crippen molar-refractivity contribution < 1.29 is 19.0 Å². The molecule has 1 unspecified atom stereocenters. The molecule has 24 heavy (non-hydrogen) atoms. The summed E-state index contributed by atoms with van der Waals surface area (Å²) in [6, 6.07) is -0.187. The molecule has 1 aromatic heterocycles. The third-order valence-corrected chi connectivity index (χ3v) is 4.35. The number of aryl methyl sites for hydroxylation is 1. The number of ether oxygens (including phenoxy) is 3. The molecule has 0 fully saturated rings. The molecule has 1 rings (SSSR count). The molecule has 0 aliphatic carbocycles. The Morgan fingerprint density at radius 2 is 1.96 bits per heavy atom. The first-order valence-corrected chi connectivity index (χ1v) is 8.60. The van der Waals surface area contributed by atoms with Crippen LogP contribution in [0.1, 0.15) is 40.3 Å². The molecule has 0 saturated carbocycles. The second-order valence-corrected chi connectivity index (χ2v) is 7.57. The monoisotopic (exact) mass is 405 g/mol. The van der Waals surface area contributed by atoms with Crippen molar-refractivity contribution in [1.29, 1.82) is 0 Å². The van der Waals surface area contributed by atoms with Crippen LogP contribution in [0.5, 0.6) is 5.88 Å². The zero-order chi connectivity index (χ0) is 18.7. The van der Waals surface area contributed by atoms with Gasteiger partial charge in [-0.15, -0.1) is 0 Å². The molecule has 1 amide bonds. The van der Waals surface area contributed by atoms with E-state index in [9.17, 15) is 4.79 Å². The molecule has 0 radical (unpaired) electrons. The highest BCUT2D eigenvalue weighted by atomic mass is 79.9. The van der Waals surface area contributed by atoms with Crippen molar-refractivity contribution in [2.75, 3.05) is 14.2 Å². The number of methoxy groups -OCH3 is 1. The quantitative estimate of drug-likeness (QED) is 0.725. The predicted octanol–water partition coefficient (Wildman–Crippen LogP) is 3.35. The second kappa shape index (κ2) is 8.20. The Morgan fingerprint density at radius 1 is 1.38 bits per heavy atom. The first-order valence-electron chi connectivity index (χ1n) is 7.80. The van der Waals surface area contributed by atoms with E-state index in [-0.39, 0.29) is 18.2 Å². The topological polar surface area (TPSA) is 65.8 Å². The second-order valence-electron chi connectivity index (χ2n) is 6.78. The van der Waals surface area contributed by atoms with Gasteiger partial charge in [0.05, 0.1) is 12.6 Å². The summed E-state index contributed by atoms with van der Waals surface area (Å²) in [5.41, 5.74) is 0.227. The van der Waals surface area contributed by atoms with Crippen LogP contribution >= 0.6 is 15.9 Å². The van der Waals surface area contributed by atoms with E-state index in [0.29, 0.717) is 12.5 Å². The van der Waals surface area contributed by atoms with Crippen molar-refractivity contribution >= 4 is 22.0 Å². The third kappa shape index (κ3) is 5.37. The van der Waals surface area contributed by atoms with E-state index in [0.717, 1.165) is 10.2 Å². The summed E-state index contributed by atoms with van der Waals surface area (Å²) in [6.07, 6.45) is -0.640. The van der Waals surface area contributed by atoms with E-state index in [2.05, 4.69) is 21.0 Å². The van der Waals surface area contributed by atoms with Crippen LogP contribution in [0.4, 0.5) is 4.79 Å². The number of halogens is 1. The van der Waals surface area contributed by atoms with Gasteiger partial charge in [-0.2, -0.15) is 5.10 Å². The molecular weight excluding hydrogens is 378 g/mol. The highest BCUT2D eigenvalue weighted by Crippen LogP contribution is 2.30. The van der Waals surface area contributed by atoms with Gasteiger partial charge >= 0.3 is 6.09 Å². The Labute approximate surface area is 152 Å². The molecular formula is C16H28BrN3O4. The van der Waals surface area contributed by atoms with Crippen molar-refractivity contribution in [2.45, 2.75) is 59.0 Å². The molecule has 0 aliphatic rings. The van der Waals surface area contributed by atoms with E-state index < -0.39 is 5.60 Å². The van der Waals surface area contributed by atoms with E-state index in [1.807, 2.05) is 34.6 Å². The molecule has 0 saturated heterocycles. The molecule has 0 aliphatic heterocycles. The molecule has 0 N–H and O–H groups in total. The number of carbonyl (C=O) groups excluding carboxylic acids is 1. The summed E-state index contributed by atoms with van der Waals surface area (Å²) >= 11 is 3.49. The Morgan fingerprint density at radius 3 is 2.46 bits per heavy atom. The van der Waals surface area contributed by atoms with Gasteiger partial charge in [-0.1, -0.05) is 0 Å². The van der Waals surface area contributed by atoms with Crippen LogP contribution in [-0.2, 0) is 23.1 Å². The van der Waals surface area contributed by atoms with Gasteiger partial charge in [0.1, 0.15) is 21.9 Å². The largest absolute Gasteiger partial charge is 0.472 e. The van der Waals surface area contributed by atoms with Crippen molar-refractivity contribution in [3.05, 3.63) is 10.2 Å². The number of hydrogen-bond acceptors (Lipinski definition) is 5. The molecule has 8 heteroatoms. The van der Waals surface area contributed by atoms with Crippen LogP contribution in [0.15, 0.2) is 4.47 Å². The summed E-state index contributed by atoms with van der Waals surface area (Å²) in [6.45, 7) is 9.73. The van der Waals surface area contributed by atoms with Crippen LogP contribution in [0.3, 0.4) is 0 Å². The molecule has 2 atom stereocenters. The summed E-state index contributed by atoms with van der Waals surface area (Å²) < 4.78 is 18.9. The predicted molar refractivity (Wildman–Crippen MR) is 95.2 cm³/mol. The highest BCUT2D eigenvalue weighted by molar-refractivity contribution is 9.10. The van der Waals surface area contributed by atoms with Gasteiger partial charge in [0.25, 0.3) is 0 Å². The fourth-order valence-corrected chi connectivity index (χ4v) is 2.53. The number of nitrogens with zero attached hydrogens (tertiary/aromatic N) is 3. The summed E-state index contributed by atoms with van der Waals surface area (Å²) in [5.74, 6) is 0.596. The number of carbonyl (C=O) groups is 1. The Hall–Kier alpha value is -1.28. The lowest BCUT2D eigenvalue weighted by Gasteiger charge is -2.32. The van der Waals surface area contributed by atoms with Gasteiger partial charge < -0.3 is 19.1 Å². The minimum Gasteiger partial charge on any atom is -0.472 e. The van der Waals surface area contributed by atoms with Gasteiger partial charge in [0.2, 0.25) is 5.88 Å². The zero-order valence-corrected chi connectivity index (χ0v) is 17.3. The lowest BCUT2D eigenvalue weighted by molar-refractivity contribution is 0.0107. The molecule has 138 valence electrons. The lowest BCUT2D eigenvalue weighted by atomic mass is 10.2. The maximum absolute atomic E-state index is 12.2. The molecule has 0 bridgehead atoms. The Bertz CT molecular complexity index is 568. The van der Waals surface area contributed by atoms with E-state index in [1.54, 1.807) is 25.9 Å². The van der Waals surface area contributed by atoms with Gasteiger partial charge in [0.15, 0.2) is 0 Å². The SMILES string of the molecule is COCc1nn(C)c(OC(C)[C@@H](C)N(C)C(=O)OC(C)(C)C)c1Br. The van der Waals surface area contributed by atoms with Gasteiger partial charge in [-0.3, -0.25) is 0 Å². The van der Waals surface area contributed by atoms with Crippen LogP contribution in [0.2, 0.25) is 0 Å². The number of likely N-dealkylation sites (N-methyl/N-ethyl adjacent to an activating group) is 1.